The second kappa shape index (κ2) is 9.90. The molecule has 0 saturated carbocycles. The third-order valence-corrected chi connectivity index (χ3v) is 5.95. The molecule has 5 rings (SSSR count). The minimum absolute atomic E-state index is 0.0258. The van der Waals surface area contributed by atoms with Crippen LogP contribution >= 0.6 is 0 Å². The smallest absolute Gasteiger partial charge is 0.326 e. The molecule has 2 heterocycles. The SMILES string of the molecule is O=C(NC(Cc1ccc(O)cc1)C(=O)O)c1cnn2c(-c3ccccc3)c(-c3ccc(F)cc3)cnc12. The number of nitrogens with zero attached hydrogens (tertiary/aromatic N) is 3. The molecular weight excluding hydrogens is 475 g/mol. The fourth-order valence-electron chi connectivity index (χ4n) is 4.11. The molecule has 1 amide bonds. The number of carboxylic acids is 1. The van der Waals surface area contributed by atoms with Crippen molar-refractivity contribution in [1.29, 1.82) is 0 Å². The van der Waals surface area contributed by atoms with Crippen molar-refractivity contribution in [3.8, 4) is 28.1 Å². The zero-order valence-corrected chi connectivity index (χ0v) is 19.4. The lowest BCUT2D eigenvalue weighted by atomic mass is 10.0. The van der Waals surface area contributed by atoms with E-state index in [0.29, 0.717) is 16.8 Å². The molecule has 0 fully saturated rings. The van der Waals surface area contributed by atoms with Crippen LogP contribution in [0.4, 0.5) is 4.39 Å². The molecule has 5 aromatic rings. The van der Waals surface area contributed by atoms with Crippen LogP contribution in [0.3, 0.4) is 0 Å². The van der Waals surface area contributed by atoms with Gasteiger partial charge < -0.3 is 15.5 Å². The van der Waals surface area contributed by atoms with E-state index >= 15 is 0 Å². The van der Waals surface area contributed by atoms with Crippen molar-refractivity contribution in [3.05, 3.63) is 108 Å². The van der Waals surface area contributed by atoms with E-state index < -0.39 is 17.9 Å². The molecule has 37 heavy (non-hydrogen) atoms. The zero-order valence-electron chi connectivity index (χ0n) is 19.4. The van der Waals surface area contributed by atoms with E-state index in [1.54, 1.807) is 30.5 Å². The van der Waals surface area contributed by atoms with Gasteiger partial charge in [-0.15, -0.1) is 0 Å². The first-order valence-corrected chi connectivity index (χ1v) is 11.4. The van der Waals surface area contributed by atoms with Gasteiger partial charge in [0.15, 0.2) is 5.65 Å². The maximum Gasteiger partial charge on any atom is 0.326 e. The molecule has 2 aromatic heterocycles. The molecule has 184 valence electrons. The largest absolute Gasteiger partial charge is 0.508 e. The Balaban J connectivity index is 1.53. The molecule has 0 radical (unpaired) electrons. The quantitative estimate of drug-likeness (QED) is 0.309. The van der Waals surface area contributed by atoms with Gasteiger partial charge in [0.05, 0.1) is 11.9 Å². The maximum atomic E-state index is 13.6. The number of carboxylic acid groups (broad SMARTS) is 1. The standard InChI is InChI=1S/C28H21FN4O4/c29-20-10-8-18(9-11-20)22-15-30-26-23(16-31-33(26)25(22)19-4-2-1-3-5-19)27(35)32-24(28(36)37)14-17-6-12-21(34)13-7-17/h1-13,15-16,24,34H,14H2,(H,32,35)(H,36,37). The highest BCUT2D eigenvalue weighted by atomic mass is 19.1. The Morgan fingerprint density at radius 2 is 1.62 bits per heavy atom. The predicted molar refractivity (Wildman–Crippen MR) is 135 cm³/mol. The molecule has 0 aliphatic heterocycles. The monoisotopic (exact) mass is 496 g/mol. The van der Waals surface area contributed by atoms with Gasteiger partial charge in [0, 0.05) is 23.7 Å². The van der Waals surface area contributed by atoms with Crippen molar-refractivity contribution in [2.45, 2.75) is 12.5 Å². The normalized spacial score (nSPS) is 11.8. The third-order valence-electron chi connectivity index (χ3n) is 5.95. The van der Waals surface area contributed by atoms with E-state index in [1.165, 1.54) is 35.0 Å². The Labute approximate surface area is 210 Å². The van der Waals surface area contributed by atoms with Crippen LogP contribution in [0.15, 0.2) is 91.3 Å². The van der Waals surface area contributed by atoms with Crippen molar-refractivity contribution >= 4 is 17.5 Å². The number of amides is 1. The van der Waals surface area contributed by atoms with Crippen LogP contribution in [0.2, 0.25) is 0 Å². The Kier molecular flexibility index (Phi) is 6.34. The number of fused-ring (bicyclic) bond motifs is 1. The van der Waals surface area contributed by atoms with E-state index in [2.05, 4.69) is 15.4 Å². The topological polar surface area (TPSA) is 117 Å². The fraction of sp³-hybridized carbons (Fsp3) is 0.0714. The van der Waals surface area contributed by atoms with Gasteiger partial charge in [-0.3, -0.25) is 4.79 Å². The van der Waals surface area contributed by atoms with Gasteiger partial charge in [-0.2, -0.15) is 5.10 Å². The number of hydrogen-bond donors (Lipinski definition) is 3. The van der Waals surface area contributed by atoms with Gasteiger partial charge in [-0.25, -0.2) is 18.7 Å². The number of aromatic nitrogens is 3. The summed E-state index contributed by atoms with van der Waals surface area (Å²) < 4.78 is 15.1. The van der Waals surface area contributed by atoms with Crippen LogP contribution in [-0.4, -0.2) is 42.7 Å². The maximum absolute atomic E-state index is 13.6. The highest BCUT2D eigenvalue weighted by molar-refractivity contribution is 6.02. The van der Waals surface area contributed by atoms with E-state index in [-0.39, 0.29) is 29.2 Å². The Morgan fingerprint density at radius 1 is 0.919 bits per heavy atom. The van der Waals surface area contributed by atoms with Crippen molar-refractivity contribution < 1.29 is 24.2 Å². The molecule has 3 N–H and O–H groups in total. The molecular formula is C28H21FN4O4. The average molecular weight is 496 g/mol. The molecule has 1 unspecified atom stereocenters. The van der Waals surface area contributed by atoms with Crippen molar-refractivity contribution in [2.75, 3.05) is 0 Å². The molecule has 0 spiro atoms. The number of aliphatic carboxylic acids is 1. The number of rotatable bonds is 7. The Morgan fingerprint density at radius 3 is 2.30 bits per heavy atom. The number of aromatic hydroxyl groups is 1. The summed E-state index contributed by atoms with van der Waals surface area (Å²) in [6.45, 7) is 0. The molecule has 8 nitrogen and oxygen atoms in total. The van der Waals surface area contributed by atoms with Gasteiger partial charge >= 0.3 is 5.97 Å². The number of halogens is 1. The lowest BCUT2D eigenvalue weighted by Gasteiger charge is -2.15. The lowest BCUT2D eigenvalue weighted by Crippen LogP contribution is -2.42. The summed E-state index contributed by atoms with van der Waals surface area (Å²) in [6.07, 6.45) is 2.96. The molecule has 9 heteroatoms. The van der Waals surface area contributed by atoms with Crippen LogP contribution in [-0.2, 0) is 11.2 Å². The van der Waals surface area contributed by atoms with Gasteiger partial charge in [0.1, 0.15) is 23.2 Å². The van der Waals surface area contributed by atoms with Crippen LogP contribution in [0.25, 0.3) is 28.0 Å². The summed E-state index contributed by atoms with van der Waals surface area (Å²) in [5.41, 5.74) is 3.85. The summed E-state index contributed by atoms with van der Waals surface area (Å²) >= 11 is 0. The number of hydrogen-bond acceptors (Lipinski definition) is 5. The molecule has 3 aromatic carbocycles. The first kappa shape index (κ1) is 23.7. The highest BCUT2D eigenvalue weighted by Crippen LogP contribution is 2.32. The minimum Gasteiger partial charge on any atom is -0.508 e. The van der Waals surface area contributed by atoms with Crippen molar-refractivity contribution in [2.24, 2.45) is 0 Å². The van der Waals surface area contributed by atoms with Gasteiger partial charge in [-0.05, 0) is 35.4 Å². The van der Waals surface area contributed by atoms with Crippen LogP contribution < -0.4 is 5.32 Å². The number of nitrogens with one attached hydrogen (secondary N) is 1. The zero-order chi connectivity index (χ0) is 25.9. The average Bonchev–Trinajstić information content (AvgIpc) is 3.34. The molecule has 0 aliphatic carbocycles. The van der Waals surface area contributed by atoms with Gasteiger partial charge in [0.2, 0.25) is 0 Å². The van der Waals surface area contributed by atoms with Gasteiger partial charge in [0.25, 0.3) is 5.91 Å². The molecule has 0 bridgehead atoms. The molecule has 0 saturated heterocycles. The third kappa shape index (κ3) is 4.87. The van der Waals surface area contributed by atoms with Crippen molar-refractivity contribution in [3.63, 3.8) is 0 Å². The minimum atomic E-state index is -1.21. The second-order valence-electron chi connectivity index (χ2n) is 8.42. The fourth-order valence-corrected chi connectivity index (χ4v) is 4.11. The first-order valence-electron chi connectivity index (χ1n) is 11.4. The first-order chi connectivity index (χ1) is 17.9. The van der Waals surface area contributed by atoms with Crippen molar-refractivity contribution in [1.82, 2.24) is 19.9 Å². The van der Waals surface area contributed by atoms with Crippen LogP contribution in [0, 0.1) is 5.82 Å². The summed E-state index contributed by atoms with van der Waals surface area (Å²) in [5.74, 6) is -2.14. The Hall–Kier alpha value is -5.05. The van der Waals surface area contributed by atoms with Gasteiger partial charge in [-0.1, -0.05) is 54.6 Å². The summed E-state index contributed by atoms with van der Waals surface area (Å²) in [5, 5.41) is 26.1. The van der Waals surface area contributed by atoms with E-state index in [0.717, 1.165) is 11.1 Å². The predicted octanol–water partition coefficient (Wildman–Crippen LogP) is 4.33. The Bertz CT molecular complexity index is 1580. The van der Waals surface area contributed by atoms with Crippen LogP contribution in [0.1, 0.15) is 15.9 Å². The summed E-state index contributed by atoms with van der Waals surface area (Å²) in [7, 11) is 0. The number of benzene rings is 3. The molecule has 1 atom stereocenters. The van der Waals surface area contributed by atoms with E-state index in [1.807, 2.05) is 30.3 Å². The van der Waals surface area contributed by atoms with E-state index in [9.17, 15) is 24.2 Å². The van der Waals surface area contributed by atoms with E-state index in [4.69, 9.17) is 0 Å². The number of phenolic OH excluding ortho intramolecular Hbond substituents is 1. The number of carbonyl (C=O) groups excluding carboxylic acids is 1. The van der Waals surface area contributed by atoms with Crippen LogP contribution in [0.5, 0.6) is 5.75 Å². The second-order valence-corrected chi connectivity index (χ2v) is 8.42. The molecule has 0 aliphatic rings. The summed E-state index contributed by atoms with van der Waals surface area (Å²) in [6, 6.07) is 20.3. The highest BCUT2D eigenvalue weighted by Gasteiger charge is 2.25. The number of carbonyl (C=O) groups is 2. The summed E-state index contributed by atoms with van der Waals surface area (Å²) in [4.78, 5) is 29.5. The lowest BCUT2D eigenvalue weighted by molar-refractivity contribution is -0.139. The number of phenols is 1.